The van der Waals surface area contributed by atoms with Gasteiger partial charge in [-0.05, 0) is 13.3 Å². The van der Waals surface area contributed by atoms with Crippen LogP contribution in [0.25, 0.3) is 0 Å². The van der Waals surface area contributed by atoms with Crippen molar-refractivity contribution in [3.05, 3.63) is 13.5 Å². The molecule has 0 aromatic heterocycles. The predicted molar refractivity (Wildman–Crippen MR) is 25.9 cm³/mol. The van der Waals surface area contributed by atoms with Crippen molar-refractivity contribution in [1.82, 2.24) is 0 Å². The van der Waals surface area contributed by atoms with Gasteiger partial charge in [-0.1, -0.05) is 6.92 Å². The standard InChI is InChI=1S/C5H10O/c1-3-5-6-4-2/h4H,1,3,5H2,2H3. The first-order chi connectivity index (χ1) is 2.91. The Morgan fingerprint density at radius 2 is 2.50 bits per heavy atom. The summed E-state index contributed by atoms with van der Waals surface area (Å²) in [7, 11) is 0. The molecule has 0 fully saturated rings. The first kappa shape index (κ1) is 5.96. The van der Waals surface area contributed by atoms with Crippen LogP contribution in [-0.2, 0) is 4.74 Å². The van der Waals surface area contributed by atoms with Gasteiger partial charge in [0.1, 0.15) is 0 Å². The maximum absolute atomic E-state index is 4.80. The van der Waals surface area contributed by atoms with Crippen LogP contribution in [0.4, 0.5) is 0 Å². The monoisotopic (exact) mass is 86.1 g/mol. The van der Waals surface area contributed by atoms with Gasteiger partial charge in [-0.3, -0.25) is 0 Å². The molecule has 0 rings (SSSR count). The molecule has 0 aliphatic rings. The lowest BCUT2D eigenvalue weighted by atomic mass is 10.5. The highest BCUT2D eigenvalue weighted by molar-refractivity contribution is 4.38. The van der Waals surface area contributed by atoms with Crippen LogP contribution in [-0.4, -0.2) is 6.61 Å². The lowest BCUT2D eigenvalue weighted by molar-refractivity contribution is 0.209. The Hall–Kier alpha value is -0.0400. The van der Waals surface area contributed by atoms with Crippen LogP contribution < -0.4 is 0 Å². The Morgan fingerprint density at radius 3 is 2.67 bits per heavy atom. The summed E-state index contributed by atoms with van der Waals surface area (Å²) in [5.74, 6) is 0. The average molecular weight is 86.1 g/mol. The van der Waals surface area contributed by atoms with Gasteiger partial charge in [-0.25, -0.2) is 0 Å². The van der Waals surface area contributed by atoms with Crippen LogP contribution in [0, 0.1) is 13.5 Å². The number of rotatable bonds is 3. The van der Waals surface area contributed by atoms with Crippen molar-refractivity contribution < 1.29 is 4.74 Å². The Labute approximate surface area is 39.3 Å². The molecule has 0 amide bonds. The highest BCUT2D eigenvalue weighted by Gasteiger charge is 1.73. The lowest BCUT2D eigenvalue weighted by Gasteiger charge is -1.90. The normalized spacial score (nSPS) is 9.00. The SMILES string of the molecule is [CH2]CCO[CH]C. The average Bonchev–Trinajstić information content (AvgIpc) is 1.61. The second-order valence-corrected chi connectivity index (χ2v) is 0.960. The van der Waals surface area contributed by atoms with Crippen LogP contribution in [0.2, 0.25) is 0 Å². The smallest absolute Gasteiger partial charge is 0.0805 e. The largest absolute Gasteiger partial charge is 0.376 e. The van der Waals surface area contributed by atoms with Gasteiger partial charge in [0, 0.05) is 6.61 Å². The third kappa shape index (κ3) is 3.96. The van der Waals surface area contributed by atoms with E-state index < -0.39 is 0 Å². The fourth-order valence-electron chi connectivity index (χ4n) is 0.201. The summed E-state index contributed by atoms with van der Waals surface area (Å²) >= 11 is 0. The quantitative estimate of drug-likeness (QED) is 0.472. The summed E-state index contributed by atoms with van der Waals surface area (Å²) < 4.78 is 4.80. The van der Waals surface area contributed by atoms with Gasteiger partial charge in [0.15, 0.2) is 0 Å². The minimum absolute atomic E-state index is 0.747. The highest BCUT2D eigenvalue weighted by Crippen LogP contribution is 1.79. The summed E-state index contributed by atoms with van der Waals surface area (Å²) in [5.41, 5.74) is 0. The van der Waals surface area contributed by atoms with Gasteiger partial charge in [0.05, 0.1) is 6.61 Å². The van der Waals surface area contributed by atoms with Crippen molar-refractivity contribution in [3.8, 4) is 0 Å². The van der Waals surface area contributed by atoms with Crippen molar-refractivity contribution in [1.29, 1.82) is 0 Å². The molecule has 0 saturated heterocycles. The van der Waals surface area contributed by atoms with Gasteiger partial charge in [-0.2, -0.15) is 0 Å². The number of hydrogen-bond acceptors (Lipinski definition) is 1. The molecule has 0 aliphatic heterocycles. The van der Waals surface area contributed by atoms with Crippen molar-refractivity contribution in [2.45, 2.75) is 13.3 Å². The Kier molecular flexibility index (Phi) is 4.93. The maximum atomic E-state index is 4.80. The Bertz CT molecular complexity index is 15.9. The van der Waals surface area contributed by atoms with Gasteiger partial charge in [-0.15, -0.1) is 0 Å². The molecule has 0 aromatic rings. The summed E-state index contributed by atoms with van der Waals surface area (Å²) in [4.78, 5) is 0. The molecule has 0 atom stereocenters. The summed E-state index contributed by atoms with van der Waals surface area (Å²) in [6.45, 7) is 7.85. The van der Waals surface area contributed by atoms with E-state index in [0.717, 1.165) is 13.0 Å². The molecule has 0 aliphatic carbocycles. The van der Waals surface area contributed by atoms with Crippen LogP contribution >= 0.6 is 0 Å². The van der Waals surface area contributed by atoms with Gasteiger partial charge >= 0.3 is 0 Å². The Morgan fingerprint density at radius 1 is 1.83 bits per heavy atom. The van der Waals surface area contributed by atoms with E-state index in [1.54, 1.807) is 6.61 Å². The van der Waals surface area contributed by atoms with E-state index in [9.17, 15) is 0 Å². The molecule has 1 nitrogen and oxygen atoms in total. The topological polar surface area (TPSA) is 9.23 Å². The second kappa shape index (κ2) is 4.96. The highest BCUT2D eigenvalue weighted by atomic mass is 16.5. The molecule has 0 saturated carbocycles. The summed E-state index contributed by atoms with van der Waals surface area (Å²) in [6, 6.07) is 0. The third-order valence-electron chi connectivity index (χ3n) is 0.429. The fourth-order valence-corrected chi connectivity index (χ4v) is 0.201. The molecule has 6 heavy (non-hydrogen) atoms. The van der Waals surface area contributed by atoms with E-state index in [1.807, 2.05) is 6.92 Å². The van der Waals surface area contributed by atoms with Crippen molar-refractivity contribution in [2.24, 2.45) is 0 Å². The molecule has 0 unspecified atom stereocenters. The molecule has 2 radical (unpaired) electrons. The molecular formula is C5H10O. The van der Waals surface area contributed by atoms with Gasteiger partial charge in [0.2, 0.25) is 0 Å². The molecular weight excluding hydrogens is 76.1 g/mol. The fraction of sp³-hybridized carbons (Fsp3) is 0.600. The number of ether oxygens (including phenoxy) is 1. The van der Waals surface area contributed by atoms with E-state index in [2.05, 4.69) is 6.92 Å². The molecule has 0 bridgehead atoms. The zero-order chi connectivity index (χ0) is 4.83. The Balaban J connectivity index is 2.34. The molecule has 0 N–H and O–H groups in total. The minimum Gasteiger partial charge on any atom is -0.376 e. The van der Waals surface area contributed by atoms with Crippen molar-refractivity contribution in [3.63, 3.8) is 0 Å². The van der Waals surface area contributed by atoms with E-state index in [0.29, 0.717) is 0 Å². The van der Waals surface area contributed by atoms with E-state index >= 15 is 0 Å². The molecule has 0 spiro atoms. The van der Waals surface area contributed by atoms with Crippen LogP contribution in [0.15, 0.2) is 0 Å². The van der Waals surface area contributed by atoms with Gasteiger partial charge < -0.3 is 4.74 Å². The summed E-state index contributed by atoms with van der Waals surface area (Å²) in [6.07, 6.45) is 0.852. The first-order valence-corrected chi connectivity index (χ1v) is 2.10. The van der Waals surface area contributed by atoms with Crippen LogP contribution in [0.3, 0.4) is 0 Å². The molecule has 1 heteroatoms. The predicted octanol–water partition coefficient (Wildman–Crippen LogP) is 1.41. The van der Waals surface area contributed by atoms with Crippen molar-refractivity contribution in [2.75, 3.05) is 6.61 Å². The van der Waals surface area contributed by atoms with Crippen LogP contribution in [0.1, 0.15) is 13.3 Å². The van der Waals surface area contributed by atoms with E-state index in [-0.39, 0.29) is 0 Å². The first-order valence-electron chi connectivity index (χ1n) is 2.10. The third-order valence-corrected chi connectivity index (χ3v) is 0.429. The van der Waals surface area contributed by atoms with E-state index in [4.69, 9.17) is 4.74 Å². The summed E-state index contributed by atoms with van der Waals surface area (Å²) in [5, 5.41) is 0. The lowest BCUT2D eigenvalue weighted by Crippen LogP contribution is -1.83. The number of hydrogen-bond donors (Lipinski definition) is 0. The molecule has 0 aromatic carbocycles. The van der Waals surface area contributed by atoms with Gasteiger partial charge in [0.25, 0.3) is 0 Å². The van der Waals surface area contributed by atoms with E-state index in [1.165, 1.54) is 0 Å². The maximum Gasteiger partial charge on any atom is 0.0805 e. The minimum atomic E-state index is 0.747. The second-order valence-electron chi connectivity index (χ2n) is 0.960. The molecule has 0 heterocycles. The molecule has 36 valence electrons. The zero-order valence-corrected chi connectivity index (χ0v) is 4.11. The van der Waals surface area contributed by atoms with Crippen molar-refractivity contribution >= 4 is 0 Å². The zero-order valence-electron chi connectivity index (χ0n) is 4.11. The van der Waals surface area contributed by atoms with Crippen LogP contribution in [0.5, 0.6) is 0 Å².